The first-order chi connectivity index (χ1) is 9.24. The van der Waals surface area contributed by atoms with Crippen molar-refractivity contribution >= 4 is 11.9 Å². The van der Waals surface area contributed by atoms with E-state index in [2.05, 4.69) is 27.2 Å². The number of hydrogen-bond acceptors (Lipinski definition) is 7. The quantitative estimate of drug-likeness (QED) is 0.689. The molecule has 0 aromatic carbocycles. The average molecular weight is 269 g/mol. The van der Waals surface area contributed by atoms with Crippen LogP contribution in [0.1, 0.15) is 26.7 Å². The Morgan fingerprint density at radius 1 is 1.16 bits per heavy atom. The van der Waals surface area contributed by atoms with Crippen LogP contribution in [0, 0.1) is 0 Å². The van der Waals surface area contributed by atoms with Gasteiger partial charge in [-0.15, -0.1) is 0 Å². The van der Waals surface area contributed by atoms with Crippen molar-refractivity contribution in [3.8, 4) is 6.01 Å². The molecular weight excluding hydrogens is 246 g/mol. The highest BCUT2D eigenvalue weighted by atomic mass is 16.5. The molecule has 0 amide bonds. The minimum atomic E-state index is 0.0612. The van der Waals surface area contributed by atoms with Gasteiger partial charge >= 0.3 is 6.01 Å². The van der Waals surface area contributed by atoms with Crippen LogP contribution in [0.15, 0.2) is 0 Å². The highest BCUT2D eigenvalue weighted by molar-refractivity contribution is 5.37. The van der Waals surface area contributed by atoms with Gasteiger partial charge in [0.25, 0.3) is 0 Å². The van der Waals surface area contributed by atoms with E-state index < -0.39 is 0 Å². The lowest BCUT2D eigenvalue weighted by Gasteiger charge is -2.21. The maximum atomic E-state index is 9.10. The number of aliphatic hydroxyl groups is 1. The molecule has 0 saturated heterocycles. The topological polar surface area (TPSA) is 83.4 Å². The molecule has 2 N–H and O–H groups in total. The summed E-state index contributed by atoms with van der Waals surface area (Å²) in [4.78, 5) is 14.7. The van der Waals surface area contributed by atoms with Crippen molar-refractivity contribution in [2.24, 2.45) is 0 Å². The van der Waals surface area contributed by atoms with Gasteiger partial charge < -0.3 is 20.1 Å². The van der Waals surface area contributed by atoms with Crippen LogP contribution in [-0.4, -0.2) is 53.4 Å². The molecule has 1 rings (SSSR count). The first-order valence-electron chi connectivity index (χ1n) is 6.67. The van der Waals surface area contributed by atoms with Gasteiger partial charge in [0, 0.05) is 20.1 Å². The van der Waals surface area contributed by atoms with Crippen molar-refractivity contribution in [1.82, 2.24) is 15.0 Å². The lowest BCUT2D eigenvalue weighted by atomic mass is 10.4. The van der Waals surface area contributed by atoms with Gasteiger partial charge in [0.05, 0.1) is 13.2 Å². The third kappa shape index (κ3) is 4.86. The minimum absolute atomic E-state index is 0.0612. The zero-order valence-corrected chi connectivity index (χ0v) is 11.9. The molecule has 19 heavy (non-hydrogen) atoms. The SMILES string of the molecule is CCCOc1nc(NC)nc(N(CCC)CCO)n1. The van der Waals surface area contributed by atoms with E-state index in [1.165, 1.54) is 0 Å². The van der Waals surface area contributed by atoms with E-state index in [4.69, 9.17) is 9.84 Å². The van der Waals surface area contributed by atoms with E-state index in [1.807, 2.05) is 11.8 Å². The second-order valence-corrected chi connectivity index (χ2v) is 4.05. The molecule has 1 aromatic heterocycles. The predicted molar refractivity (Wildman–Crippen MR) is 74.7 cm³/mol. The molecule has 108 valence electrons. The molecule has 0 unspecified atom stereocenters. The van der Waals surface area contributed by atoms with Crippen molar-refractivity contribution in [2.75, 3.05) is 43.6 Å². The molecule has 7 heteroatoms. The second kappa shape index (κ2) is 8.47. The Bertz CT molecular complexity index is 369. The maximum absolute atomic E-state index is 9.10. The van der Waals surface area contributed by atoms with Crippen molar-refractivity contribution in [2.45, 2.75) is 26.7 Å². The summed E-state index contributed by atoms with van der Waals surface area (Å²) in [6.07, 6.45) is 1.84. The number of ether oxygens (including phenoxy) is 1. The summed E-state index contributed by atoms with van der Waals surface area (Å²) in [6, 6.07) is 0.315. The Balaban J connectivity index is 2.95. The van der Waals surface area contributed by atoms with Crippen molar-refractivity contribution in [3.05, 3.63) is 0 Å². The van der Waals surface area contributed by atoms with Crippen LogP contribution >= 0.6 is 0 Å². The van der Waals surface area contributed by atoms with Gasteiger partial charge in [0.2, 0.25) is 11.9 Å². The third-order valence-electron chi connectivity index (χ3n) is 2.41. The molecule has 0 radical (unpaired) electrons. The number of nitrogens with zero attached hydrogens (tertiary/aromatic N) is 4. The Morgan fingerprint density at radius 2 is 1.95 bits per heavy atom. The number of aliphatic hydroxyl groups excluding tert-OH is 1. The molecule has 7 nitrogen and oxygen atoms in total. The smallest absolute Gasteiger partial charge is 0.323 e. The fourth-order valence-corrected chi connectivity index (χ4v) is 1.56. The van der Waals surface area contributed by atoms with Crippen LogP contribution in [0.2, 0.25) is 0 Å². The van der Waals surface area contributed by atoms with E-state index in [9.17, 15) is 0 Å². The molecule has 0 bridgehead atoms. The Morgan fingerprint density at radius 3 is 2.53 bits per heavy atom. The Kier molecular flexibility index (Phi) is 6.88. The number of rotatable bonds is 9. The fraction of sp³-hybridized carbons (Fsp3) is 0.750. The van der Waals surface area contributed by atoms with E-state index in [0.29, 0.717) is 31.1 Å². The van der Waals surface area contributed by atoms with Crippen LogP contribution in [0.4, 0.5) is 11.9 Å². The van der Waals surface area contributed by atoms with Crippen LogP contribution in [0.25, 0.3) is 0 Å². The van der Waals surface area contributed by atoms with Crippen molar-refractivity contribution in [1.29, 1.82) is 0 Å². The van der Waals surface area contributed by atoms with Crippen LogP contribution in [0.5, 0.6) is 6.01 Å². The first-order valence-corrected chi connectivity index (χ1v) is 6.67. The highest BCUT2D eigenvalue weighted by Crippen LogP contribution is 2.15. The molecule has 1 heterocycles. The summed E-state index contributed by atoms with van der Waals surface area (Å²) >= 11 is 0. The number of anilines is 2. The average Bonchev–Trinajstić information content (AvgIpc) is 2.44. The summed E-state index contributed by atoms with van der Waals surface area (Å²) in [5.41, 5.74) is 0. The van der Waals surface area contributed by atoms with Gasteiger partial charge in [0.15, 0.2) is 0 Å². The largest absolute Gasteiger partial charge is 0.463 e. The summed E-state index contributed by atoms with van der Waals surface area (Å²) in [5.74, 6) is 0.997. The summed E-state index contributed by atoms with van der Waals surface area (Å²) in [5, 5.41) is 12.0. The van der Waals surface area contributed by atoms with E-state index >= 15 is 0 Å². The van der Waals surface area contributed by atoms with Crippen molar-refractivity contribution < 1.29 is 9.84 Å². The summed E-state index contributed by atoms with van der Waals surface area (Å²) in [7, 11) is 1.75. The highest BCUT2D eigenvalue weighted by Gasteiger charge is 2.12. The van der Waals surface area contributed by atoms with E-state index in [0.717, 1.165) is 19.4 Å². The normalized spacial score (nSPS) is 10.3. The molecular formula is C12H23N5O2. The van der Waals surface area contributed by atoms with E-state index in [-0.39, 0.29) is 6.61 Å². The van der Waals surface area contributed by atoms with Gasteiger partial charge in [-0.2, -0.15) is 15.0 Å². The Labute approximate surface area is 114 Å². The molecule has 0 saturated carbocycles. The van der Waals surface area contributed by atoms with Gasteiger partial charge in [0.1, 0.15) is 0 Å². The number of aromatic nitrogens is 3. The lowest BCUT2D eigenvalue weighted by Crippen LogP contribution is -2.29. The monoisotopic (exact) mass is 269 g/mol. The van der Waals surface area contributed by atoms with Gasteiger partial charge in [-0.25, -0.2) is 0 Å². The maximum Gasteiger partial charge on any atom is 0.323 e. The Hall–Kier alpha value is -1.63. The minimum Gasteiger partial charge on any atom is -0.463 e. The first kappa shape index (κ1) is 15.4. The molecule has 0 atom stereocenters. The van der Waals surface area contributed by atoms with E-state index in [1.54, 1.807) is 7.05 Å². The second-order valence-electron chi connectivity index (χ2n) is 4.05. The summed E-state index contributed by atoms with van der Waals surface area (Å²) < 4.78 is 5.45. The number of hydrogen-bond donors (Lipinski definition) is 2. The molecule has 0 fully saturated rings. The molecule has 0 spiro atoms. The van der Waals surface area contributed by atoms with Gasteiger partial charge in [-0.3, -0.25) is 0 Å². The van der Waals surface area contributed by atoms with Crippen LogP contribution < -0.4 is 15.0 Å². The molecule has 0 aliphatic heterocycles. The molecule has 1 aromatic rings. The van der Waals surface area contributed by atoms with Crippen LogP contribution in [-0.2, 0) is 0 Å². The predicted octanol–water partition coefficient (Wildman–Crippen LogP) is 0.911. The van der Waals surface area contributed by atoms with Gasteiger partial charge in [-0.05, 0) is 12.8 Å². The zero-order valence-electron chi connectivity index (χ0n) is 11.9. The molecule has 0 aliphatic rings. The number of nitrogens with one attached hydrogen (secondary N) is 1. The van der Waals surface area contributed by atoms with Gasteiger partial charge in [-0.1, -0.05) is 13.8 Å². The van der Waals surface area contributed by atoms with Crippen molar-refractivity contribution in [3.63, 3.8) is 0 Å². The third-order valence-corrected chi connectivity index (χ3v) is 2.41. The standard InChI is InChI=1S/C12H23N5O2/c1-4-6-17(7-8-18)11-14-10(13-3)15-12(16-11)19-9-5-2/h18H,4-9H2,1-3H3,(H,13,14,15,16). The molecule has 0 aliphatic carbocycles. The lowest BCUT2D eigenvalue weighted by molar-refractivity contribution is 0.289. The van der Waals surface area contributed by atoms with Crippen LogP contribution in [0.3, 0.4) is 0 Å². The zero-order chi connectivity index (χ0) is 14.1. The summed E-state index contributed by atoms with van der Waals surface area (Å²) in [6.45, 7) is 6.00. The fourth-order valence-electron chi connectivity index (χ4n) is 1.56.